The number of likely N-dealkylation sites (tertiary alicyclic amines) is 1. The minimum Gasteiger partial charge on any atom is -0.485 e. The van der Waals surface area contributed by atoms with Gasteiger partial charge in [-0.05, 0) is 56.7 Å². The van der Waals surface area contributed by atoms with Gasteiger partial charge in [0, 0.05) is 30.8 Å². The molecular formula is C33H41F4N3O7. The third kappa shape index (κ3) is 10.4. The fourth-order valence-corrected chi connectivity index (χ4v) is 4.84. The quantitative estimate of drug-likeness (QED) is 0.157. The van der Waals surface area contributed by atoms with Crippen molar-refractivity contribution in [3.05, 3.63) is 59.2 Å². The summed E-state index contributed by atoms with van der Waals surface area (Å²) in [4.78, 5) is 52.5. The summed E-state index contributed by atoms with van der Waals surface area (Å²) in [5.41, 5.74) is 0.511. The molecule has 0 spiro atoms. The number of anilines is 1. The van der Waals surface area contributed by atoms with Gasteiger partial charge in [-0.3, -0.25) is 19.2 Å². The van der Waals surface area contributed by atoms with E-state index in [9.17, 15) is 41.8 Å². The lowest BCUT2D eigenvalue weighted by atomic mass is 9.87. The number of rotatable bonds is 9. The standard InChI is InChI=1S/C33H41F4N3O7/c1-32(2,3)19-7-9-20(10-8-19)38-30(44)31(45)40-13-11-18(12-14-40)29(43)39-23(16-25(42)47-33(4,5)6)24(41)17-46-28-26(36)21(34)15-22(35)27(28)37/h7-10,15,18,23-24,41H,11-14,16-17H2,1-6H3,(H,38,44)(H,39,43)/t23-,24?/m0/s1. The number of amides is 3. The summed E-state index contributed by atoms with van der Waals surface area (Å²) in [6, 6.07) is 5.74. The molecule has 14 heteroatoms. The van der Waals surface area contributed by atoms with Gasteiger partial charge in [-0.15, -0.1) is 0 Å². The van der Waals surface area contributed by atoms with E-state index in [0.29, 0.717) is 5.69 Å². The topological polar surface area (TPSA) is 134 Å². The van der Waals surface area contributed by atoms with Crippen LogP contribution in [0.3, 0.4) is 0 Å². The van der Waals surface area contributed by atoms with Gasteiger partial charge in [-0.1, -0.05) is 32.9 Å². The molecule has 10 nitrogen and oxygen atoms in total. The maximum absolute atomic E-state index is 14.1. The molecule has 0 aliphatic carbocycles. The number of benzene rings is 2. The van der Waals surface area contributed by atoms with Gasteiger partial charge in [-0.25, -0.2) is 8.78 Å². The Labute approximate surface area is 270 Å². The highest BCUT2D eigenvalue weighted by atomic mass is 19.2. The molecule has 0 radical (unpaired) electrons. The largest absolute Gasteiger partial charge is 0.485 e. The van der Waals surface area contributed by atoms with E-state index in [1.165, 1.54) is 4.90 Å². The van der Waals surface area contributed by atoms with E-state index < -0.39 is 89.4 Å². The number of nitrogens with zero attached hydrogens (tertiary/aromatic N) is 1. The van der Waals surface area contributed by atoms with E-state index >= 15 is 0 Å². The molecule has 2 aromatic rings. The summed E-state index contributed by atoms with van der Waals surface area (Å²) in [6.45, 7) is 10.1. The molecule has 3 amide bonds. The Morgan fingerprint density at radius 2 is 1.49 bits per heavy atom. The van der Waals surface area contributed by atoms with E-state index in [-0.39, 0.29) is 37.4 Å². The second kappa shape index (κ2) is 15.1. The van der Waals surface area contributed by atoms with E-state index in [1.54, 1.807) is 32.9 Å². The van der Waals surface area contributed by atoms with Crippen LogP contribution in [-0.4, -0.2) is 71.1 Å². The van der Waals surface area contributed by atoms with Crippen LogP contribution >= 0.6 is 0 Å². The lowest BCUT2D eigenvalue weighted by Gasteiger charge is -2.32. The van der Waals surface area contributed by atoms with Crippen LogP contribution in [0.5, 0.6) is 5.75 Å². The van der Waals surface area contributed by atoms with Gasteiger partial charge in [-0.2, -0.15) is 8.78 Å². The van der Waals surface area contributed by atoms with Crippen LogP contribution in [0, 0.1) is 29.2 Å². The average Bonchev–Trinajstić information content (AvgIpc) is 2.98. The second-order valence-electron chi connectivity index (χ2n) is 13.4. The van der Waals surface area contributed by atoms with E-state index in [1.807, 2.05) is 12.1 Å². The molecule has 1 saturated heterocycles. The zero-order valence-electron chi connectivity index (χ0n) is 27.2. The Morgan fingerprint density at radius 1 is 0.936 bits per heavy atom. The zero-order chi connectivity index (χ0) is 35.3. The Balaban J connectivity index is 1.61. The van der Waals surface area contributed by atoms with Crippen molar-refractivity contribution in [2.24, 2.45) is 5.92 Å². The van der Waals surface area contributed by atoms with Crippen molar-refractivity contribution in [2.75, 3.05) is 25.0 Å². The minimum atomic E-state index is -1.82. The zero-order valence-corrected chi connectivity index (χ0v) is 27.2. The third-order valence-corrected chi connectivity index (χ3v) is 7.42. The molecule has 3 rings (SSSR count). The van der Waals surface area contributed by atoms with Gasteiger partial charge < -0.3 is 30.1 Å². The number of nitrogens with one attached hydrogen (secondary N) is 2. The molecule has 3 N–H and O–H groups in total. The number of halogens is 4. The first-order valence-electron chi connectivity index (χ1n) is 15.1. The third-order valence-electron chi connectivity index (χ3n) is 7.42. The Morgan fingerprint density at radius 3 is 2.00 bits per heavy atom. The van der Waals surface area contributed by atoms with Crippen LogP contribution < -0.4 is 15.4 Å². The highest BCUT2D eigenvalue weighted by Crippen LogP contribution is 2.27. The fourth-order valence-electron chi connectivity index (χ4n) is 4.84. The van der Waals surface area contributed by atoms with Gasteiger partial charge in [0.15, 0.2) is 17.4 Å². The molecule has 0 saturated carbocycles. The highest BCUT2D eigenvalue weighted by Gasteiger charge is 2.34. The van der Waals surface area contributed by atoms with Crippen molar-refractivity contribution in [1.82, 2.24) is 10.2 Å². The van der Waals surface area contributed by atoms with Crippen molar-refractivity contribution >= 4 is 29.4 Å². The first-order valence-corrected chi connectivity index (χ1v) is 15.1. The summed E-state index contributed by atoms with van der Waals surface area (Å²) in [5.74, 6) is -12.2. The maximum atomic E-state index is 14.1. The van der Waals surface area contributed by atoms with Gasteiger partial charge >= 0.3 is 17.8 Å². The van der Waals surface area contributed by atoms with Crippen molar-refractivity contribution < 1.29 is 51.3 Å². The molecule has 2 aromatic carbocycles. The van der Waals surface area contributed by atoms with Crippen molar-refractivity contribution in [1.29, 1.82) is 0 Å². The molecule has 0 bridgehead atoms. The molecule has 0 aromatic heterocycles. The molecular weight excluding hydrogens is 626 g/mol. The molecule has 1 heterocycles. The summed E-state index contributed by atoms with van der Waals surface area (Å²) < 4.78 is 65.4. The van der Waals surface area contributed by atoms with Gasteiger partial charge in [0.25, 0.3) is 0 Å². The predicted octanol–water partition coefficient (Wildman–Crippen LogP) is 4.37. The molecule has 1 aliphatic rings. The predicted molar refractivity (Wildman–Crippen MR) is 163 cm³/mol. The number of piperidine rings is 1. The minimum absolute atomic E-state index is 0.00359. The number of aliphatic hydroxyl groups is 1. The van der Waals surface area contributed by atoms with E-state index in [4.69, 9.17) is 9.47 Å². The summed E-state index contributed by atoms with van der Waals surface area (Å²) in [6.07, 6.45) is -2.06. The van der Waals surface area contributed by atoms with E-state index in [2.05, 4.69) is 31.4 Å². The molecule has 258 valence electrons. The SMILES string of the molecule is CC(C)(C)OC(=O)C[C@H](NC(=O)C1CCN(C(=O)C(=O)Nc2ccc(C(C)(C)C)cc2)CC1)C(O)COc1c(F)c(F)cc(F)c1F. The molecule has 2 atom stereocenters. The number of carbonyl (C=O) groups excluding carboxylic acids is 4. The van der Waals surface area contributed by atoms with Crippen LogP contribution in [0.15, 0.2) is 30.3 Å². The summed E-state index contributed by atoms with van der Waals surface area (Å²) in [7, 11) is 0. The van der Waals surface area contributed by atoms with Gasteiger partial charge in [0.1, 0.15) is 18.3 Å². The average molecular weight is 668 g/mol. The lowest BCUT2D eigenvalue weighted by Crippen LogP contribution is -2.51. The molecule has 47 heavy (non-hydrogen) atoms. The van der Waals surface area contributed by atoms with Gasteiger partial charge in [0.2, 0.25) is 17.5 Å². The normalized spacial score (nSPS) is 15.4. The van der Waals surface area contributed by atoms with E-state index in [0.717, 1.165) is 5.56 Å². The number of hydrogen-bond acceptors (Lipinski definition) is 7. The van der Waals surface area contributed by atoms with Crippen molar-refractivity contribution in [2.45, 2.75) is 84.0 Å². The van der Waals surface area contributed by atoms with Crippen LogP contribution in [0.25, 0.3) is 0 Å². The molecule has 1 unspecified atom stereocenters. The second-order valence-corrected chi connectivity index (χ2v) is 13.4. The number of ether oxygens (including phenoxy) is 2. The molecule has 1 aliphatic heterocycles. The lowest BCUT2D eigenvalue weighted by molar-refractivity contribution is -0.156. The summed E-state index contributed by atoms with van der Waals surface area (Å²) in [5, 5.41) is 15.9. The monoisotopic (exact) mass is 667 g/mol. The van der Waals surface area contributed by atoms with Crippen molar-refractivity contribution in [3.8, 4) is 5.75 Å². The number of aliphatic hydroxyl groups excluding tert-OH is 1. The van der Waals surface area contributed by atoms with Crippen LogP contribution in [0.4, 0.5) is 23.2 Å². The smallest absolute Gasteiger partial charge is 0.313 e. The first kappa shape index (κ1) is 37.3. The Kier molecular flexibility index (Phi) is 12.0. The number of carbonyl (C=O) groups is 4. The van der Waals surface area contributed by atoms with Crippen LogP contribution in [0.1, 0.15) is 66.4 Å². The Hall–Kier alpha value is -4.20. The highest BCUT2D eigenvalue weighted by molar-refractivity contribution is 6.39. The first-order chi connectivity index (χ1) is 21.8. The molecule has 1 fully saturated rings. The fraction of sp³-hybridized carbons (Fsp3) is 0.515. The van der Waals surface area contributed by atoms with Crippen LogP contribution in [-0.2, 0) is 29.3 Å². The van der Waals surface area contributed by atoms with Crippen LogP contribution in [0.2, 0.25) is 0 Å². The maximum Gasteiger partial charge on any atom is 0.313 e. The Bertz CT molecular complexity index is 1440. The van der Waals surface area contributed by atoms with Gasteiger partial charge in [0.05, 0.1) is 12.5 Å². The van der Waals surface area contributed by atoms with Crippen molar-refractivity contribution in [3.63, 3.8) is 0 Å². The summed E-state index contributed by atoms with van der Waals surface area (Å²) >= 11 is 0. The number of hydrogen-bond donors (Lipinski definition) is 3. The number of esters is 1.